The van der Waals surface area contributed by atoms with Crippen molar-refractivity contribution in [3.05, 3.63) is 46.2 Å². The number of nitrogens with zero attached hydrogens (tertiary/aromatic N) is 3. The van der Waals surface area contributed by atoms with E-state index in [1.165, 1.54) is 10.5 Å². The maximum Gasteiger partial charge on any atom is 0.107 e. The standard InChI is InChI=1S/C14H15N3S/c1-3-14-16-11(9-18-14)8-17-10(2)15-12-6-4-5-7-13(12)17/h4-7,9H,3,8H2,1-2H3. The molecule has 92 valence electrons. The molecule has 0 N–H and O–H groups in total. The SMILES string of the molecule is CCc1nc(Cn2c(C)nc3ccccc32)cs1. The minimum atomic E-state index is 0.808. The van der Waals surface area contributed by atoms with Crippen molar-refractivity contribution in [1.29, 1.82) is 0 Å². The van der Waals surface area contributed by atoms with Gasteiger partial charge in [-0.3, -0.25) is 0 Å². The molecule has 0 aliphatic heterocycles. The first-order chi connectivity index (χ1) is 8.78. The maximum atomic E-state index is 4.62. The highest BCUT2D eigenvalue weighted by Gasteiger charge is 2.08. The Morgan fingerprint density at radius 2 is 2.06 bits per heavy atom. The van der Waals surface area contributed by atoms with Crippen molar-refractivity contribution in [2.75, 3.05) is 0 Å². The molecule has 3 rings (SSSR count). The third-order valence-corrected chi connectivity index (χ3v) is 4.11. The van der Waals surface area contributed by atoms with Gasteiger partial charge in [-0.2, -0.15) is 0 Å². The van der Waals surface area contributed by atoms with Crippen LogP contribution in [-0.2, 0) is 13.0 Å². The first kappa shape index (κ1) is 11.4. The fourth-order valence-corrected chi connectivity index (χ4v) is 2.88. The molecule has 3 aromatic rings. The van der Waals surface area contributed by atoms with Crippen molar-refractivity contribution < 1.29 is 0 Å². The summed E-state index contributed by atoms with van der Waals surface area (Å²) in [6.45, 7) is 5.00. The number of benzene rings is 1. The van der Waals surface area contributed by atoms with E-state index in [-0.39, 0.29) is 0 Å². The maximum absolute atomic E-state index is 4.62. The second-order valence-corrected chi connectivity index (χ2v) is 5.26. The predicted molar refractivity (Wildman–Crippen MR) is 75.1 cm³/mol. The van der Waals surface area contributed by atoms with Crippen molar-refractivity contribution >= 4 is 22.4 Å². The van der Waals surface area contributed by atoms with Crippen LogP contribution in [0, 0.1) is 6.92 Å². The molecule has 0 atom stereocenters. The van der Waals surface area contributed by atoms with E-state index in [2.05, 4.69) is 45.0 Å². The second-order valence-electron chi connectivity index (χ2n) is 4.32. The molecule has 2 heterocycles. The van der Waals surface area contributed by atoms with E-state index >= 15 is 0 Å². The molecular formula is C14H15N3S. The van der Waals surface area contributed by atoms with Gasteiger partial charge in [0.15, 0.2) is 0 Å². The molecule has 0 saturated carbocycles. The largest absolute Gasteiger partial charge is 0.322 e. The van der Waals surface area contributed by atoms with Crippen LogP contribution < -0.4 is 0 Å². The molecule has 2 aromatic heterocycles. The number of para-hydroxylation sites is 2. The second kappa shape index (κ2) is 4.53. The lowest BCUT2D eigenvalue weighted by Crippen LogP contribution is -2.02. The Hall–Kier alpha value is -1.68. The summed E-state index contributed by atoms with van der Waals surface area (Å²) in [5, 5.41) is 3.35. The van der Waals surface area contributed by atoms with Crippen LogP contribution in [0.1, 0.15) is 23.4 Å². The van der Waals surface area contributed by atoms with Crippen molar-refractivity contribution in [2.45, 2.75) is 26.8 Å². The summed E-state index contributed by atoms with van der Waals surface area (Å²) < 4.78 is 2.23. The lowest BCUT2D eigenvalue weighted by molar-refractivity contribution is 0.765. The fourth-order valence-electron chi connectivity index (χ4n) is 2.14. The van der Waals surface area contributed by atoms with Crippen molar-refractivity contribution in [2.24, 2.45) is 0 Å². The predicted octanol–water partition coefficient (Wildman–Crippen LogP) is 3.41. The van der Waals surface area contributed by atoms with Gasteiger partial charge in [-0.05, 0) is 25.5 Å². The summed E-state index contributed by atoms with van der Waals surface area (Å²) in [4.78, 5) is 9.20. The average Bonchev–Trinajstić information content (AvgIpc) is 2.96. The number of aryl methyl sites for hydroxylation is 2. The molecule has 0 saturated heterocycles. The number of hydrogen-bond donors (Lipinski definition) is 0. The topological polar surface area (TPSA) is 30.7 Å². The highest BCUT2D eigenvalue weighted by Crippen LogP contribution is 2.18. The normalized spacial score (nSPS) is 11.2. The van der Waals surface area contributed by atoms with Crippen molar-refractivity contribution in [3.63, 3.8) is 0 Å². The minimum Gasteiger partial charge on any atom is -0.322 e. The van der Waals surface area contributed by atoms with E-state index in [4.69, 9.17) is 0 Å². The van der Waals surface area contributed by atoms with Gasteiger partial charge < -0.3 is 4.57 Å². The Labute approximate surface area is 110 Å². The summed E-state index contributed by atoms with van der Waals surface area (Å²) in [5.41, 5.74) is 3.37. The molecule has 4 heteroatoms. The molecule has 0 spiro atoms. The van der Waals surface area contributed by atoms with Crippen LogP contribution in [0.25, 0.3) is 11.0 Å². The minimum absolute atomic E-state index is 0.808. The molecule has 0 unspecified atom stereocenters. The monoisotopic (exact) mass is 257 g/mol. The van der Waals surface area contributed by atoms with E-state index < -0.39 is 0 Å². The van der Waals surface area contributed by atoms with E-state index in [0.717, 1.165) is 30.0 Å². The number of aromatic nitrogens is 3. The first-order valence-electron chi connectivity index (χ1n) is 6.13. The van der Waals surface area contributed by atoms with Crippen LogP contribution in [0.4, 0.5) is 0 Å². The van der Waals surface area contributed by atoms with Crippen LogP contribution in [0.3, 0.4) is 0 Å². The highest BCUT2D eigenvalue weighted by atomic mass is 32.1. The zero-order chi connectivity index (χ0) is 12.5. The zero-order valence-electron chi connectivity index (χ0n) is 10.6. The molecule has 0 aliphatic rings. The molecule has 0 aliphatic carbocycles. The number of rotatable bonds is 3. The Morgan fingerprint density at radius 3 is 2.83 bits per heavy atom. The Kier molecular flexibility index (Phi) is 2.88. The number of hydrogen-bond acceptors (Lipinski definition) is 3. The van der Waals surface area contributed by atoms with E-state index in [9.17, 15) is 0 Å². The number of thiazole rings is 1. The van der Waals surface area contributed by atoms with E-state index in [1.807, 2.05) is 13.0 Å². The van der Waals surface area contributed by atoms with Gasteiger partial charge in [0.2, 0.25) is 0 Å². The molecule has 0 fully saturated rings. The van der Waals surface area contributed by atoms with Crippen LogP contribution in [0.5, 0.6) is 0 Å². The van der Waals surface area contributed by atoms with E-state index in [1.54, 1.807) is 11.3 Å². The van der Waals surface area contributed by atoms with Gasteiger partial charge in [0.05, 0.1) is 28.3 Å². The van der Waals surface area contributed by atoms with Crippen molar-refractivity contribution in [1.82, 2.24) is 14.5 Å². The molecule has 1 aromatic carbocycles. The zero-order valence-corrected chi connectivity index (χ0v) is 11.4. The molecule has 0 amide bonds. The van der Waals surface area contributed by atoms with Gasteiger partial charge in [-0.1, -0.05) is 19.1 Å². The summed E-state index contributed by atoms with van der Waals surface area (Å²) >= 11 is 1.74. The Bertz CT molecular complexity index is 681. The van der Waals surface area contributed by atoms with E-state index in [0.29, 0.717) is 0 Å². The quantitative estimate of drug-likeness (QED) is 0.720. The van der Waals surface area contributed by atoms with Crippen LogP contribution in [0.15, 0.2) is 29.6 Å². The number of imidazole rings is 1. The summed E-state index contributed by atoms with van der Waals surface area (Å²) in [6.07, 6.45) is 1.01. The lowest BCUT2D eigenvalue weighted by atomic mass is 10.3. The molecule has 0 radical (unpaired) electrons. The Balaban J connectivity index is 2.01. The third kappa shape index (κ3) is 1.93. The fraction of sp³-hybridized carbons (Fsp3) is 0.286. The summed E-state index contributed by atoms with van der Waals surface area (Å²) in [5.74, 6) is 1.04. The van der Waals surface area contributed by atoms with Gasteiger partial charge in [-0.15, -0.1) is 11.3 Å². The van der Waals surface area contributed by atoms with Crippen LogP contribution in [-0.4, -0.2) is 14.5 Å². The molecule has 3 nitrogen and oxygen atoms in total. The smallest absolute Gasteiger partial charge is 0.107 e. The summed E-state index contributed by atoms with van der Waals surface area (Å²) in [7, 11) is 0. The lowest BCUT2D eigenvalue weighted by Gasteiger charge is -2.04. The van der Waals surface area contributed by atoms with Crippen LogP contribution in [0.2, 0.25) is 0 Å². The molecule has 18 heavy (non-hydrogen) atoms. The van der Waals surface area contributed by atoms with Gasteiger partial charge in [0, 0.05) is 5.38 Å². The Morgan fingerprint density at radius 1 is 1.22 bits per heavy atom. The van der Waals surface area contributed by atoms with Gasteiger partial charge in [0.25, 0.3) is 0 Å². The van der Waals surface area contributed by atoms with Crippen molar-refractivity contribution in [3.8, 4) is 0 Å². The third-order valence-electron chi connectivity index (χ3n) is 3.07. The highest BCUT2D eigenvalue weighted by molar-refractivity contribution is 7.09. The average molecular weight is 257 g/mol. The van der Waals surface area contributed by atoms with Crippen LogP contribution >= 0.6 is 11.3 Å². The molecular weight excluding hydrogens is 242 g/mol. The van der Waals surface area contributed by atoms with Gasteiger partial charge in [0.1, 0.15) is 5.82 Å². The van der Waals surface area contributed by atoms with Gasteiger partial charge in [-0.25, -0.2) is 9.97 Å². The number of fused-ring (bicyclic) bond motifs is 1. The van der Waals surface area contributed by atoms with Gasteiger partial charge >= 0.3 is 0 Å². The molecule has 0 bridgehead atoms. The summed E-state index contributed by atoms with van der Waals surface area (Å²) in [6, 6.07) is 8.25. The first-order valence-corrected chi connectivity index (χ1v) is 7.01.